The molecule has 4 heteroatoms. The minimum absolute atomic E-state index is 0.150. The molecule has 4 rings (SSSR count). The Labute approximate surface area is 134 Å². The molecule has 0 spiro atoms. The maximum absolute atomic E-state index is 13.2. The number of aryl methyl sites for hydroxylation is 2. The molecular formula is C19H19N3O. The molecule has 0 atom stereocenters. The van der Waals surface area contributed by atoms with Gasteiger partial charge in [0.1, 0.15) is 0 Å². The van der Waals surface area contributed by atoms with Crippen molar-refractivity contribution in [2.45, 2.75) is 26.2 Å². The van der Waals surface area contributed by atoms with Crippen LogP contribution in [0.15, 0.2) is 36.2 Å². The second-order valence-electron chi connectivity index (χ2n) is 6.16. The number of para-hydroxylation sites is 1. The number of rotatable bonds is 1. The number of fused-ring (bicyclic) bond motifs is 3. The van der Waals surface area contributed by atoms with E-state index in [2.05, 4.69) is 33.7 Å². The van der Waals surface area contributed by atoms with E-state index in [0.717, 1.165) is 58.4 Å². The number of hydrogen-bond acceptors (Lipinski definition) is 2. The van der Waals surface area contributed by atoms with E-state index in [4.69, 9.17) is 0 Å². The molecule has 0 bridgehead atoms. The van der Waals surface area contributed by atoms with Gasteiger partial charge in [0.05, 0.1) is 17.6 Å². The Kier molecular flexibility index (Phi) is 3.18. The van der Waals surface area contributed by atoms with Crippen LogP contribution in [0.5, 0.6) is 0 Å². The fourth-order valence-corrected chi connectivity index (χ4v) is 3.53. The van der Waals surface area contributed by atoms with E-state index in [0.29, 0.717) is 0 Å². The van der Waals surface area contributed by atoms with Crippen molar-refractivity contribution in [3.8, 4) is 0 Å². The fraction of sp³-hybridized carbons (Fsp3) is 0.263. The van der Waals surface area contributed by atoms with Gasteiger partial charge in [-0.15, -0.1) is 0 Å². The summed E-state index contributed by atoms with van der Waals surface area (Å²) in [7, 11) is 2.06. The molecule has 2 aromatic heterocycles. The minimum atomic E-state index is 0.150. The number of ketones is 1. The fourth-order valence-electron chi connectivity index (χ4n) is 3.53. The number of nitrogens with one attached hydrogen (secondary N) is 1. The zero-order chi connectivity index (χ0) is 16.0. The molecule has 1 aliphatic rings. The predicted octanol–water partition coefficient (Wildman–Crippen LogP) is 3.81. The average molecular weight is 305 g/mol. The SMILES string of the molecule is Cc1[nH]cnc1/C=C1\CCCc2c(c3ccccc3n2C)C1=O. The molecule has 0 unspecified atom stereocenters. The third-order valence-electron chi connectivity index (χ3n) is 4.79. The number of aromatic amines is 1. The first-order chi connectivity index (χ1) is 11.2. The highest BCUT2D eigenvalue weighted by atomic mass is 16.1. The number of benzene rings is 1. The van der Waals surface area contributed by atoms with E-state index in [1.807, 2.05) is 25.1 Å². The number of carbonyl (C=O) groups is 1. The van der Waals surface area contributed by atoms with Crippen molar-refractivity contribution in [1.82, 2.24) is 14.5 Å². The van der Waals surface area contributed by atoms with Crippen molar-refractivity contribution in [3.63, 3.8) is 0 Å². The summed E-state index contributed by atoms with van der Waals surface area (Å²) in [6, 6.07) is 8.16. The maximum atomic E-state index is 13.2. The second-order valence-corrected chi connectivity index (χ2v) is 6.16. The van der Waals surface area contributed by atoms with E-state index in [1.165, 1.54) is 0 Å². The lowest BCUT2D eigenvalue weighted by molar-refractivity contribution is 0.103. The van der Waals surface area contributed by atoms with Crippen LogP contribution in [0.3, 0.4) is 0 Å². The standard InChI is InChI=1S/C19H19N3O/c1-12-15(21-11-20-12)10-13-6-5-9-17-18(19(13)23)14-7-3-4-8-16(14)22(17)2/h3-4,7-8,10-11H,5-6,9H2,1-2H3,(H,20,21)/b13-10+. The molecule has 0 amide bonds. The largest absolute Gasteiger partial charge is 0.348 e. The van der Waals surface area contributed by atoms with Crippen molar-refractivity contribution in [2.75, 3.05) is 0 Å². The summed E-state index contributed by atoms with van der Waals surface area (Å²) in [5.41, 5.74) is 5.86. The second kappa shape index (κ2) is 5.23. The summed E-state index contributed by atoms with van der Waals surface area (Å²) < 4.78 is 2.17. The molecule has 0 radical (unpaired) electrons. The lowest BCUT2D eigenvalue weighted by Gasteiger charge is -2.03. The first-order valence-electron chi connectivity index (χ1n) is 7.98. The van der Waals surface area contributed by atoms with Crippen molar-refractivity contribution in [2.24, 2.45) is 7.05 Å². The summed E-state index contributed by atoms with van der Waals surface area (Å²) in [5.74, 6) is 0.150. The van der Waals surface area contributed by atoms with E-state index >= 15 is 0 Å². The number of H-pyrrole nitrogens is 1. The van der Waals surface area contributed by atoms with Gasteiger partial charge in [0.15, 0.2) is 5.78 Å². The Morgan fingerprint density at radius 2 is 2.09 bits per heavy atom. The number of hydrogen-bond donors (Lipinski definition) is 1. The molecule has 1 N–H and O–H groups in total. The molecular weight excluding hydrogens is 286 g/mol. The van der Waals surface area contributed by atoms with Crippen LogP contribution < -0.4 is 0 Å². The van der Waals surface area contributed by atoms with E-state index in [9.17, 15) is 4.79 Å². The Hall–Kier alpha value is -2.62. The van der Waals surface area contributed by atoms with Gasteiger partial charge in [-0.2, -0.15) is 0 Å². The van der Waals surface area contributed by atoms with Gasteiger partial charge >= 0.3 is 0 Å². The van der Waals surface area contributed by atoms with E-state index in [1.54, 1.807) is 6.33 Å². The van der Waals surface area contributed by atoms with Gasteiger partial charge in [-0.1, -0.05) is 18.2 Å². The summed E-state index contributed by atoms with van der Waals surface area (Å²) >= 11 is 0. The van der Waals surface area contributed by atoms with Crippen molar-refractivity contribution in [3.05, 3.63) is 58.8 Å². The molecule has 2 heterocycles. The molecule has 0 fully saturated rings. The van der Waals surface area contributed by atoms with Gasteiger partial charge in [0.25, 0.3) is 0 Å². The van der Waals surface area contributed by atoms with Crippen molar-refractivity contribution in [1.29, 1.82) is 0 Å². The van der Waals surface area contributed by atoms with Crippen LogP contribution in [0.2, 0.25) is 0 Å². The highest BCUT2D eigenvalue weighted by Crippen LogP contribution is 2.33. The number of carbonyl (C=O) groups excluding carboxylic acids is 1. The first-order valence-corrected chi connectivity index (χ1v) is 7.98. The lowest BCUT2D eigenvalue weighted by Crippen LogP contribution is -2.04. The van der Waals surface area contributed by atoms with Gasteiger partial charge in [0, 0.05) is 34.9 Å². The van der Waals surface area contributed by atoms with Gasteiger partial charge in [-0.05, 0) is 38.3 Å². The summed E-state index contributed by atoms with van der Waals surface area (Å²) in [5, 5.41) is 1.06. The summed E-state index contributed by atoms with van der Waals surface area (Å²) in [4.78, 5) is 20.6. The summed E-state index contributed by atoms with van der Waals surface area (Å²) in [6.07, 6.45) is 6.34. The van der Waals surface area contributed by atoms with Crippen LogP contribution in [-0.2, 0) is 13.5 Å². The lowest BCUT2D eigenvalue weighted by atomic mass is 9.99. The zero-order valence-corrected chi connectivity index (χ0v) is 13.4. The van der Waals surface area contributed by atoms with Gasteiger partial charge < -0.3 is 9.55 Å². The van der Waals surface area contributed by atoms with Crippen LogP contribution >= 0.6 is 0 Å². The third kappa shape index (κ3) is 2.13. The molecule has 1 aromatic carbocycles. The zero-order valence-electron chi connectivity index (χ0n) is 13.4. The van der Waals surface area contributed by atoms with Gasteiger partial charge in [0.2, 0.25) is 0 Å². The quantitative estimate of drug-likeness (QED) is 0.549. The van der Waals surface area contributed by atoms with E-state index in [-0.39, 0.29) is 5.78 Å². The normalized spacial score (nSPS) is 16.8. The Bertz CT molecular complexity index is 943. The molecule has 0 saturated heterocycles. The Morgan fingerprint density at radius 1 is 1.26 bits per heavy atom. The van der Waals surface area contributed by atoms with Crippen LogP contribution in [0.25, 0.3) is 17.0 Å². The molecule has 1 aliphatic carbocycles. The number of Topliss-reactive ketones (excluding diaryl/α,β-unsaturated/α-hetero) is 1. The minimum Gasteiger partial charge on any atom is -0.348 e. The molecule has 3 aromatic rings. The maximum Gasteiger partial charge on any atom is 0.191 e. The average Bonchev–Trinajstić information content (AvgIpc) is 3.02. The van der Waals surface area contributed by atoms with Crippen molar-refractivity contribution < 1.29 is 4.79 Å². The number of aromatic nitrogens is 3. The first kappa shape index (κ1) is 14.0. The molecule has 4 nitrogen and oxygen atoms in total. The highest BCUT2D eigenvalue weighted by Gasteiger charge is 2.26. The van der Waals surface area contributed by atoms with Gasteiger partial charge in [-0.25, -0.2) is 4.98 Å². The topological polar surface area (TPSA) is 50.7 Å². The van der Waals surface area contributed by atoms with Crippen LogP contribution in [0.1, 0.15) is 40.3 Å². The van der Waals surface area contributed by atoms with Crippen LogP contribution in [-0.4, -0.2) is 20.3 Å². The summed E-state index contributed by atoms with van der Waals surface area (Å²) in [6.45, 7) is 1.98. The Balaban J connectivity index is 1.91. The van der Waals surface area contributed by atoms with Crippen molar-refractivity contribution >= 4 is 22.8 Å². The Morgan fingerprint density at radius 3 is 2.87 bits per heavy atom. The number of nitrogens with zero attached hydrogens (tertiary/aromatic N) is 2. The highest BCUT2D eigenvalue weighted by molar-refractivity contribution is 6.19. The third-order valence-corrected chi connectivity index (χ3v) is 4.79. The van der Waals surface area contributed by atoms with Crippen LogP contribution in [0.4, 0.5) is 0 Å². The molecule has 0 saturated carbocycles. The molecule has 23 heavy (non-hydrogen) atoms. The van der Waals surface area contributed by atoms with Gasteiger partial charge in [-0.3, -0.25) is 4.79 Å². The molecule has 116 valence electrons. The number of allylic oxidation sites excluding steroid dienone is 1. The smallest absolute Gasteiger partial charge is 0.191 e. The predicted molar refractivity (Wildman–Crippen MR) is 91.5 cm³/mol. The van der Waals surface area contributed by atoms with Crippen LogP contribution in [0, 0.1) is 6.92 Å². The molecule has 0 aliphatic heterocycles. The monoisotopic (exact) mass is 305 g/mol. The van der Waals surface area contributed by atoms with E-state index < -0.39 is 0 Å². The number of imidazole rings is 1.